The van der Waals surface area contributed by atoms with Crippen molar-refractivity contribution in [3.8, 4) is 6.07 Å². The molecule has 0 spiro atoms. The molecule has 21 heavy (non-hydrogen) atoms. The first-order valence-electron chi connectivity index (χ1n) is 7.35. The molecule has 5 heteroatoms. The first kappa shape index (κ1) is 13.6. The standard InChI is InChI=1S/C16H17N3O2/c17-10-11-18-14-9-5-4-8-13(14)15(20)19(16(18)21)12-6-2-1-3-7-12/h4-5,8-9,12H,1-3,6-7,11H2. The second kappa shape index (κ2) is 5.57. The lowest BCUT2D eigenvalue weighted by Gasteiger charge is -2.24. The van der Waals surface area contributed by atoms with Crippen molar-refractivity contribution in [2.45, 2.75) is 44.7 Å². The zero-order valence-corrected chi connectivity index (χ0v) is 11.8. The summed E-state index contributed by atoms with van der Waals surface area (Å²) in [5, 5.41) is 9.49. The first-order chi connectivity index (χ1) is 10.2. The summed E-state index contributed by atoms with van der Waals surface area (Å²) in [5.74, 6) is 0. The molecular formula is C16H17N3O2. The molecule has 1 fully saturated rings. The minimum atomic E-state index is -0.354. The van der Waals surface area contributed by atoms with E-state index in [-0.39, 0.29) is 23.8 Å². The zero-order chi connectivity index (χ0) is 14.8. The van der Waals surface area contributed by atoms with Gasteiger partial charge in [-0.1, -0.05) is 31.4 Å². The normalized spacial score (nSPS) is 16.0. The number of rotatable bonds is 2. The molecule has 1 aliphatic rings. The van der Waals surface area contributed by atoms with Gasteiger partial charge in [0.2, 0.25) is 0 Å². The molecule has 2 aromatic rings. The van der Waals surface area contributed by atoms with Crippen LogP contribution in [-0.2, 0) is 6.54 Å². The smallest absolute Gasteiger partial charge is 0.279 e. The predicted octanol–water partition coefficient (Wildman–Crippen LogP) is 2.19. The van der Waals surface area contributed by atoms with E-state index in [1.54, 1.807) is 24.3 Å². The van der Waals surface area contributed by atoms with Gasteiger partial charge in [-0.05, 0) is 25.0 Å². The fraction of sp³-hybridized carbons (Fsp3) is 0.438. The Hall–Kier alpha value is -2.35. The van der Waals surface area contributed by atoms with Crippen molar-refractivity contribution in [2.24, 2.45) is 0 Å². The first-order valence-corrected chi connectivity index (χ1v) is 7.35. The Balaban J connectivity index is 2.32. The van der Waals surface area contributed by atoms with Crippen LogP contribution in [0, 0.1) is 11.3 Å². The number of benzene rings is 1. The molecule has 108 valence electrons. The summed E-state index contributed by atoms with van der Waals surface area (Å²) in [6.45, 7) is -0.0354. The Labute approximate surface area is 122 Å². The highest BCUT2D eigenvalue weighted by Crippen LogP contribution is 2.26. The van der Waals surface area contributed by atoms with Crippen molar-refractivity contribution in [1.82, 2.24) is 9.13 Å². The lowest BCUT2D eigenvalue weighted by Crippen LogP contribution is -2.42. The van der Waals surface area contributed by atoms with Crippen LogP contribution in [0.4, 0.5) is 0 Å². The Morgan fingerprint density at radius 3 is 2.57 bits per heavy atom. The lowest BCUT2D eigenvalue weighted by molar-refractivity contribution is 0.333. The Morgan fingerprint density at radius 1 is 1.14 bits per heavy atom. The van der Waals surface area contributed by atoms with E-state index in [0.717, 1.165) is 32.1 Å². The van der Waals surface area contributed by atoms with Crippen LogP contribution in [0.15, 0.2) is 33.9 Å². The summed E-state index contributed by atoms with van der Waals surface area (Å²) < 4.78 is 2.78. The molecule has 0 radical (unpaired) electrons. The third-order valence-corrected chi connectivity index (χ3v) is 4.25. The maximum Gasteiger partial charge on any atom is 0.332 e. The molecule has 0 N–H and O–H groups in total. The lowest BCUT2D eigenvalue weighted by atomic mass is 9.95. The molecule has 0 saturated heterocycles. The van der Waals surface area contributed by atoms with Crippen LogP contribution in [0.25, 0.3) is 10.9 Å². The Kier molecular flexibility index (Phi) is 3.61. The number of hydrogen-bond acceptors (Lipinski definition) is 3. The van der Waals surface area contributed by atoms with E-state index < -0.39 is 0 Å². The van der Waals surface area contributed by atoms with Gasteiger partial charge >= 0.3 is 5.69 Å². The molecule has 0 atom stereocenters. The van der Waals surface area contributed by atoms with Gasteiger partial charge in [-0.3, -0.25) is 13.9 Å². The van der Waals surface area contributed by atoms with Gasteiger partial charge in [0, 0.05) is 6.04 Å². The number of aromatic nitrogens is 2. The van der Waals surface area contributed by atoms with Crippen LogP contribution >= 0.6 is 0 Å². The van der Waals surface area contributed by atoms with Crippen LogP contribution in [0.5, 0.6) is 0 Å². The Morgan fingerprint density at radius 2 is 1.86 bits per heavy atom. The van der Waals surface area contributed by atoms with E-state index in [1.807, 2.05) is 6.07 Å². The second-order valence-corrected chi connectivity index (χ2v) is 5.51. The van der Waals surface area contributed by atoms with Crippen molar-refractivity contribution in [3.63, 3.8) is 0 Å². The van der Waals surface area contributed by atoms with Crippen molar-refractivity contribution in [2.75, 3.05) is 0 Å². The van der Waals surface area contributed by atoms with Crippen molar-refractivity contribution in [1.29, 1.82) is 5.26 Å². The van der Waals surface area contributed by atoms with Gasteiger partial charge in [-0.25, -0.2) is 4.79 Å². The Bertz CT molecular complexity index is 820. The molecule has 3 rings (SSSR count). The highest BCUT2D eigenvalue weighted by atomic mass is 16.2. The van der Waals surface area contributed by atoms with E-state index in [2.05, 4.69) is 0 Å². The number of nitriles is 1. The van der Waals surface area contributed by atoms with Crippen LogP contribution in [-0.4, -0.2) is 9.13 Å². The quantitative estimate of drug-likeness (QED) is 0.848. The molecular weight excluding hydrogens is 266 g/mol. The third-order valence-electron chi connectivity index (χ3n) is 4.25. The summed E-state index contributed by atoms with van der Waals surface area (Å²) in [6, 6.07) is 9.00. The average molecular weight is 283 g/mol. The molecule has 1 aromatic heterocycles. The zero-order valence-electron chi connectivity index (χ0n) is 11.8. The maximum absolute atomic E-state index is 12.7. The van der Waals surface area contributed by atoms with Crippen LogP contribution < -0.4 is 11.2 Å². The van der Waals surface area contributed by atoms with Gasteiger partial charge in [-0.2, -0.15) is 5.26 Å². The van der Waals surface area contributed by atoms with Crippen LogP contribution in [0.1, 0.15) is 38.1 Å². The van der Waals surface area contributed by atoms with E-state index in [0.29, 0.717) is 10.9 Å². The topological polar surface area (TPSA) is 67.8 Å². The molecule has 1 aromatic carbocycles. The number of nitrogens with zero attached hydrogens (tertiary/aromatic N) is 3. The van der Waals surface area contributed by atoms with Crippen molar-refractivity contribution >= 4 is 10.9 Å². The van der Waals surface area contributed by atoms with Crippen LogP contribution in [0.2, 0.25) is 0 Å². The highest BCUT2D eigenvalue weighted by molar-refractivity contribution is 5.77. The average Bonchev–Trinajstić information content (AvgIpc) is 2.53. The molecule has 0 amide bonds. The van der Waals surface area contributed by atoms with E-state index in [9.17, 15) is 9.59 Å². The molecule has 5 nitrogen and oxygen atoms in total. The number of para-hydroxylation sites is 1. The molecule has 1 heterocycles. The minimum absolute atomic E-state index is 0.0340. The third kappa shape index (κ3) is 2.27. The van der Waals surface area contributed by atoms with Gasteiger partial charge in [0.15, 0.2) is 0 Å². The van der Waals surface area contributed by atoms with Crippen LogP contribution in [0.3, 0.4) is 0 Å². The fourth-order valence-corrected chi connectivity index (χ4v) is 3.22. The minimum Gasteiger partial charge on any atom is -0.279 e. The number of hydrogen-bond donors (Lipinski definition) is 0. The largest absolute Gasteiger partial charge is 0.332 e. The number of fused-ring (bicyclic) bond motifs is 1. The van der Waals surface area contributed by atoms with Gasteiger partial charge in [0.25, 0.3) is 5.56 Å². The summed E-state index contributed by atoms with van der Waals surface area (Å²) in [6.07, 6.45) is 4.97. The predicted molar refractivity (Wildman–Crippen MR) is 80.2 cm³/mol. The monoisotopic (exact) mass is 283 g/mol. The van der Waals surface area contributed by atoms with E-state index >= 15 is 0 Å². The van der Waals surface area contributed by atoms with Crippen molar-refractivity contribution < 1.29 is 0 Å². The van der Waals surface area contributed by atoms with E-state index in [1.165, 1.54) is 9.13 Å². The molecule has 1 aliphatic carbocycles. The summed E-state index contributed by atoms with van der Waals surface area (Å²) in [5.41, 5.74) is -0.0371. The molecule has 1 saturated carbocycles. The van der Waals surface area contributed by atoms with Gasteiger partial charge < -0.3 is 0 Å². The molecule has 0 unspecified atom stereocenters. The van der Waals surface area contributed by atoms with E-state index in [4.69, 9.17) is 5.26 Å². The summed E-state index contributed by atoms with van der Waals surface area (Å²) in [4.78, 5) is 25.3. The van der Waals surface area contributed by atoms with Gasteiger partial charge in [-0.15, -0.1) is 0 Å². The van der Waals surface area contributed by atoms with Crippen molar-refractivity contribution in [3.05, 3.63) is 45.1 Å². The highest BCUT2D eigenvalue weighted by Gasteiger charge is 2.21. The SMILES string of the molecule is N#CCn1c(=O)n(C2CCCCC2)c(=O)c2ccccc21. The van der Waals surface area contributed by atoms with Gasteiger partial charge in [0.1, 0.15) is 6.54 Å². The summed E-state index contributed by atoms with van der Waals surface area (Å²) >= 11 is 0. The fourth-order valence-electron chi connectivity index (χ4n) is 3.22. The maximum atomic E-state index is 12.7. The second-order valence-electron chi connectivity index (χ2n) is 5.51. The summed E-state index contributed by atoms with van der Waals surface area (Å²) in [7, 11) is 0. The molecule has 0 aliphatic heterocycles. The van der Waals surface area contributed by atoms with Gasteiger partial charge in [0.05, 0.1) is 17.0 Å². The molecule has 0 bridgehead atoms.